The molecule has 0 aliphatic carbocycles. The van der Waals surface area contributed by atoms with Gasteiger partial charge in [0, 0.05) is 13.6 Å². The standard InChI is InChI=1S/C14H23N5O/c1-10-13(12(3)19(5)9-17-10)18-11(2)14(20)16-8-6-7-15-4/h9,15H,3,6-8H2,1-2,4-5H3,(H,16,20)/b18-11+. The molecule has 0 spiro atoms. The minimum atomic E-state index is -0.161. The quantitative estimate of drug-likeness (QED) is 0.559. The molecule has 20 heavy (non-hydrogen) atoms. The van der Waals surface area contributed by atoms with Crippen LogP contribution in [0.3, 0.4) is 0 Å². The van der Waals surface area contributed by atoms with Crippen molar-refractivity contribution in [1.29, 1.82) is 0 Å². The molecule has 0 atom stereocenters. The molecule has 1 amide bonds. The fourth-order valence-corrected chi connectivity index (χ4v) is 1.64. The predicted octanol–water partition coefficient (Wildman–Crippen LogP) is 0.892. The lowest BCUT2D eigenvalue weighted by atomic mass is 10.2. The van der Waals surface area contributed by atoms with Crippen LogP contribution in [0.25, 0.3) is 0 Å². The van der Waals surface area contributed by atoms with Crippen molar-refractivity contribution < 1.29 is 4.79 Å². The second kappa shape index (κ2) is 7.59. The normalized spacial score (nSPS) is 15.9. The van der Waals surface area contributed by atoms with Crippen LogP contribution in [-0.4, -0.2) is 50.0 Å². The molecule has 1 aliphatic rings. The number of amides is 1. The molecule has 0 saturated heterocycles. The van der Waals surface area contributed by atoms with E-state index in [1.165, 1.54) is 0 Å². The van der Waals surface area contributed by atoms with Gasteiger partial charge < -0.3 is 15.5 Å². The highest BCUT2D eigenvalue weighted by molar-refractivity contribution is 6.38. The maximum absolute atomic E-state index is 11.9. The zero-order valence-corrected chi connectivity index (χ0v) is 12.7. The molecule has 0 aromatic rings. The average Bonchev–Trinajstić information content (AvgIpc) is 2.43. The minimum absolute atomic E-state index is 0.161. The lowest BCUT2D eigenvalue weighted by Gasteiger charge is -2.22. The van der Waals surface area contributed by atoms with E-state index >= 15 is 0 Å². The van der Waals surface area contributed by atoms with E-state index in [0.717, 1.165) is 24.4 Å². The molecule has 0 fully saturated rings. The van der Waals surface area contributed by atoms with E-state index in [1.54, 1.807) is 18.2 Å². The Balaban J connectivity index is 2.70. The Morgan fingerprint density at radius 1 is 1.50 bits per heavy atom. The van der Waals surface area contributed by atoms with E-state index in [4.69, 9.17) is 0 Å². The molecule has 0 aromatic carbocycles. The van der Waals surface area contributed by atoms with E-state index in [9.17, 15) is 4.79 Å². The number of carbonyl (C=O) groups excluding carboxylic acids is 1. The first-order chi connectivity index (χ1) is 9.47. The zero-order valence-electron chi connectivity index (χ0n) is 12.7. The Hall–Kier alpha value is -1.95. The lowest BCUT2D eigenvalue weighted by molar-refractivity contribution is -0.114. The van der Waals surface area contributed by atoms with Gasteiger partial charge in [0.2, 0.25) is 0 Å². The second-order valence-electron chi connectivity index (χ2n) is 4.65. The van der Waals surface area contributed by atoms with Crippen molar-refractivity contribution in [3.63, 3.8) is 0 Å². The molecular formula is C14H23N5O. The van der Waals surface area contributed by atoms with Crippen molar-refractivity contribution in [3.05, 3.63) is 23.7 Å². The van der Waals surface area contributed by atoms with Gasteiger partial charge in [0.05, 0.1) is 17.7 Å². The molecule has 0 aromatic heterocycles. The Labute approximate surface area is 120 Å². The number of aliphatic imine (C=N–C) groups is 2. The van der Waals surface area contributed by atoms with Crippen LogP contribution < -0.4 is 10.6 Å². The highest BCUT2D eigenvalue weighted by atomic mass is 16.1. The molecular weight excluding hydrogens is 254 g/mol. The molecule has 2 N–H and O–H groups in total. The van der Waals surface area contributed by atoms with Crippen molar-refractivity contribution in [2.75, 3.05) is 27.2 Å². The third-order valence-electron chi connectivity index (χ3n) is 2.96. The number of rotatable bonds is 6. The summed E-state index contributed by atoms with van der Waals surface area (Å²) in [6.07, 6.45) is 2.57. The largest absolute Gasteiger partial charge is 0.351 e. The van der Waals surface area contributed by atoms with Crippen molar-refractivity contribution in [2.45, 2.75) is 20.3 Å². The summed E-state index contributed by atoms with van der Waals surface area (Å²) in [5, 5.41) is 5.86. The second-order valence-corrected chi connectivity index (χ2v) is 4.65. The van der Waals surface area contributed by atoms with Gasteiger partial charge in [0.1, 0.15) is 11.4 Å². The van der Waals surface area contributed by atoms with E-state index in [-0.39, 0.29) is 5.91 Å². The highest BCUT2D eigenvalue weighted by Gasteiger charge is 2.15. The first kappa shape index (κ1) is 16.1. The van der Waals surface area contributed by atoms with Crippen LogP contribution in [0.2, 0.25) is 0 Å². The fourth-order valence-electron chi connectivity index (χ4n) is 1.64. The minimum Gasteiger partial charge on any atom is -0.351 e. The first-order valence-corrected chi connectivity index (χ1v) is 6.62. The Morgan fingerprint density at radius 2 is 2.20 bits per heavy atom. The Bertz CT molecular complexity index is 476. The van der Waals surface area contributed by atoms with Gasteiger partial charge in [-0.1, -0.05) is 6.58 Å². The molecule has 110 valence electrons. The summed E-state index contributed by atoms with van der Waals surface area (Å²) < 4.78 is 0. The van der Waals surface area contributed by atoms with Crippen molar-refractivity contribution in [3.8, 4) is 0 Å². The van der Waals surface area contributed by atoms with E-state index in [2.05, 4.69) is 27.2 Å². The van der Waals surface area contributed by atoms with Gasteiger partial charge in [-0.25, -0.2) is 9.98 Å². The van der Waals surface area contributed by atoms with Gasteiger partial charge >= 0.3 is 0 Å². The van der Waals surface area contributed by atoms with Crippen molar-refractivity contribution in [2.24, 2.45) is 9.98 Å². The Morgan fingerprint density at radius 3 is 2.85 bits per heavy atom. The number of likely N-dealkylation sites (N-methyl/N-ethyl adjacent to an activating group) is 1. The van der Waals surface area contributed by atoms with Gasteiger partial charge in [-0.2, -0.15) is 0 Å². The number of nitrogens with zero attached hydrogens (tertiary/aromatic N) is 3. The number of nitrogens with one attached hydrogen (secondary N) is 2. The van der Waals surface area contributed by atoms with Crippen molar-refractivity contribution in [1.82, 2.24) is 15.5 Å². The maximum Gasteiger partial charge on any atom is 0.265 e. The smallest absolute Gasteiger partial charge is 0.265 e. The summed E-state index contributed by atoms with van der Waals surface area (Å²) in [6.45, 7) is 9.00. The first-order valence-electron chi connectivity index (χ1n) is 6.62. The third kappa shape index (κ3) is 4.31. The Kier molecular flexibility index (Phi) is 6.11. The fraction of sp³-hybridized carbons (Fsp3) is 0.500. The van der Waals surface area contributed by atoms with E-state index in [1.807, 2.05) is 21.0 Å². The summed E-state index contributed by atoms with van der Waals surface area (Å²) in [5.41, 5.74) is 2.56. The van der Waals surface area contributed by atoms with Gasteiger partial charge in [-0.05, 0) is 33.9 Å². The monoisotopic (exact) mass is 277 g/mol. The van der Waals surface area contributed by atoms with Gasteiger partial charge in [0.15, 0.2) is 0 Å². The zero-order chi connectivity index (χ0) is 15.1. The molecule has 0 bridgehead atoms. The molecule has 1 rings (SSSR count). The van der Waals surface area contributed by atoms with Gasteiger partial charge in [-0.3, -0.25) is 4.79 Å². The molecule has 6 nitrogen and oxygen atoms in total. The third-order valence-corrected chi connectivity index (χ3v) is 2.96. The van der Waals surface area contributed by atoms with Crippen molar-refractivity contribution >= 4 is 18.0 Å². The van der Waals surface area contributed by atoms with Crippen LogP contribution in [0, 0.1) is 0 Å². The molecule has 0 unspecified atom stereocenters. The highest BCUT2D eigenvalue weighted by Crippen LogP contribution is 2.21. The van der Waals surface area contributed by atoms with Crippen LogP contribution in [0.4, 0.5) is 0 Å². The van der Waals surface area contributed by atoms with Crippen LogP contribution >= 0.6 is 0 Å². The molecule has 6 heteroatoms. The summed E-state index contributed by atoms with van der Waals surface area (Å²) in [4.78, 5) is 22.3. The summed E-state index contributed by atoms with van der Waals surface area (Å²) in [6, 6.07) is 0. The van der Waals surface area contributed by atoms with Gasteiger partial charge in [0.25, 0.3) is 5.91 Å². The SMILES string of the molecule is C=C1C(/N=C(\C)C(=O)NCCCNC)=C(C)N=CN1C. The summed E-state index contributed by atoms with van der Waals surface area (Å²) in [5.74, 6) is -0.161. The number of allylic oxidation sites excluding steroid dienone is 1. The van der Waals surface area contributed by atoms with Gasteiger partial charge in [-0.15, -0.1) is 0 Å². The number of carbonyl (C=O) groups is 1. The predicted molar refractivity (Wildman–Crippen MR) is 82.8 cm³/mol. The molecule has 1 heterocycles. The molecule has 1 aliphatic heterocycles. The summed E-state index contributed by atoms with van der Waals surface area (Å²) in [7, 11) is 3.73. The topological polar surface area (TPSA) is 69.1 Å². The number of hydrogen-bond acceptors (Lipinski definition) is 5. The van der Waals surface area contributed by atoms with Crippen LogP contribution in [0.1, 0.15) is 20.3 Å². The molecule has 0 saturated carbocycles. The van der Waals surface area contributed by atoms with Crippen LogP contribution in [0.15, 0.2) is 33.7 Å². The van der Waals surface area contributed by atoms with Crippen LogP contribution in [-0.2, 0) is 4.79 Å². The number of hydrogen-bond donors (Lipinski definition) is 2. The maximum atomic E-state index is 11.9. The average molecular weight is 277 g/mol. The van der Waals surface area contributed by atoms with E-state index in [0.29, 0.717) is 18.0 Å². The van der Waals surface area contributed by atoms with E-state index < -0.39 is 0 Å². The molecule has 0 radical (unpaired) electrons. The lowest BCUT2D eigenvalue weighted by Crippen LogP contribution is -2.32. The summed E-state index contributed by atoms with van der Waals surface area (Å²) >= 11 is 0. The van der Waals surface area contributed by atoms with Crippen LogP contribution in [0.5, 0.6) is 0 Å².